The zero-order valence-corrected chi connectivity index (χ0v) is 12.6. The fourth-order valence-corrected chi connectivity index (χ4v) is 4.42. The largest absolute Gasteiger partial charge is 0.484 e. The van der Waals surface area contributed by atoms with Crippen molar-refractivity contribution in [3.05, 3.63) is 29.8 Å². The normalized spacial score (nSPS) is 32.2. The number of benzene rings is 1. The lowest BCUT2D eigenvalue weighted by atomic mass is 9.78. The zero-order chi connectivity index (χ0) is 15.3. The summed E-state index contributed by atoms with van der Waals surface area (Å²) in [5.41, 5.74) is 0.114. The van der Waals surface area contributed by atoms with Crippen LogP contribution in [0.25, 0.3) is 0 Å². The number of fused-ring (bicyclic) bond motifs is 4. The number of hydrogen-bond acceptors (Lipinski definition) is 4. The number of carbonyl (C=O) groups excluding carboxylic acids is 2. The third kappa shape index (κ3) is 1.81. The molecule has 0 saturated carbocycles. The highest BCUT2D eigenvalue weighted by molar-refractivity contribution is 6.00. The summed E-state index contributed by atoms with van der Waals surface area (Å²) in [4.78, 5) is 26.7. The molecule has 5 nitrogen and oxygen atoms in total. The highest BCUT2D eigenvalue weighted by Crippen LogP contribution is 2.51. The molecule has 2 bridgehead atoms. The van der Waals surface area contributed by atoms with Gasteiger partial charge in [0.05, 0.1) is 18.0 Å². The van der Waals surface area contributed by atoms with Gasteiger partial charge in [0.2, 0.25) is 5.91 Å². The molecule has 0 unspecified atom stereocenters. The maximum Gasteiger partial charge on any atom is 0.249 e. The zero-order valence-electron chi connectivity index (χ0n) is 12.6. The summed E-state index contributed by atoms with van der Waals surface area (Å²) >= 11 is 0. The van der Waals surface area contributed by atoms with E-state index >= 15 is 0 Å². The van der Waals surface area contributed by atoms with Crippen molar-refractivity contribution in [1.29, 1.82) is 0 Å². The van der Waals surface area contributed by atoms with E-state index in [2.05, 4.69) is 0 Å². The van der Waals surface area contributed by atoms with Crippen molar-refractivity contribution < 1.29 is 19.1 Å². The van der Waals surface area contributed by atoms with Crippen LogP contribution in [0.15, 0.2) is 24.3 Å². The second-order valence-electron chi connectivity index (χ2n) is 6.45. The summed E-state index contributed by atoms with van der Waals surface area (Å²) < 4.78 is 11.3. The molecule has 5 heteroatoms. The van der Waals surface area contributed by atoms with Crippen LogP contribution in [0.2, 0.25) is 0 Å². The van der Waals surface area contributed by atoms with Crippen LogP contribution in [-0.2, 0) is 9.53 Å². The molecule has 0 radical (unpaired) electrons. The summed E-state index contributed by atoms with van der Waals surface area (Å²) in [6.07, 6.45) is 2.99. The first-order valence-corrected chi connectivity index (χ1v) is 7.76. The summed E-state index contributed by atoms with van der Waals surface area (Å²) in [6, 6.07) is 7.55. The van der Waals surface area contributed by atoms with Gasteiger partial charge in [-0.25, -0.2) is 0 Å². The molecule has 4 rings (SSSR count). The van der Waals surface area contributed by atoms with Gasteiger partial charge in [0, 0.05) is 19.6 Å². The van der Waals surface area contributed by atoms with Crippen molar-refractivity contribution in [2.24, 2.45) is 0 Å². The quantitative estimate of drug-likeness (QED) is 0.836. The Bertz CT molecular complexity index is 643. The first-order chi connectivity index (χ1) is 10.6. The molecule has 3 heterocycles. The lowest BCUT2D eigenvalue weighted by Crippen LogP contribution is -2.52. The van der Waals surface area contributed by atoms with E-state index in [1.807, 2.05) is 29.2 Å². The minimum Gasteiger partial charge on any atom is -0.484 e. The van der Waals surface area contributed by atoms with E-state index in [4.69, 9.17) is 9.47 Å². The van der Waals surface area contributed by atoms with Crippen LogP contribution in [-0.4, -0.2) is 48.0 Å². The summed E-state index contributed by atoms with van der Waals surface area (Å²) in [5.74, 6) is 0.778. The number of nitrogens with zero attached hydrogens (tertiary/aromatic N) is 1. The fraction of sp³-hybridized carbons (Fsp3) is 0.529. The molecule has 0 N–H and O–H groups in total. The molecule has 1 aromatic rings. The van der Waals surface area contributed by atoms with Crippen molar-refractivity contribution in [1.82, 2.24) is 4.90 Å². The van der Waals surface area contributed by atoms with Crippen molar-refractivity contribution in [2.75, 3.05) is 13.7 Å². The van der Waals surface area contributed by atoms with Crippen LogP contribution in [0.5, 0.6) is 5.75 Å². The predicted octanol–water partition coefficient (Wildman–Crippen LogP) is 1.80. The molecule has 2 saturated heterocycles. The van der Waals surface area contributed by atoms with E-state index in [9.17, 15) is 9.59 Å². The van der Waals surface area contributed by atoms with Crippen LogP contribution in [0.3, 0.4) is 0 Å². The Hall–Kier alpha value is -1.88. The minimum atomic E-state index is -0.544. The van der Waals surface area contributed by atoms with Crippen LogP contribution in [0.1, 0.15) is 36.0 Å². The molecule has 3 aliphatic rings. The Kier molecular flexibility index (Phi) is 3.01. The molecule has 116 valence electrons. The van der Waals surface area contributed by atoms with Crippen molar-refractivity contribution in [2.45, 2.75) is 43.4 Å². The van der Waals surface area contributed by atoms with E-state index in [1.54, 1.807) is 0 Å². The molecule has 2 fully saturated rings. The van der Waals surface area contributed by atoms with Gasteiger partial charge in [0.1, 0.15) is 18.0 Å². The number of methoxy groups -OCH3 is 1. The van der Waals surface area contributed by atoms with E-state index in [1.165, 1.54) is 7.11 Å². The number of ether oxygens (including phenoxy) is 2. The van der Waals surface area contributed by atoms with Gasteiger partial charge >= 0.3 is 0 Å². The number of para-hydroxylation sites is 1. The maximum absolute atomic E-state index is 12.5. The van der Waals surface area contributed by atoms with Gasteiger partial charge in [-0.1, -0.05) is 12.1 Å². The van der Waals surface area contributed by atoms with E-state index in [0.29, 0.717) is 17.7 Å². The molecule has 1 aromatic carbocycles. The number of carbonyl (C=O) groups is 2. The molecule has 22 heavy (non-hydrogen) atoms. The van der Waals surface area contributed by atoms with Gasteiger partial charge in [-0.05, 0) is 25.0 Å². The molecule has 3 atom stereocenters. The molecule has 1 amide bonds. The van der Waals surface area contributed by atoms with Crippen molar-refractivity contribution in [3.8, 4) is 5.75 Å². The maximum atomic E-state index is 12.5. The predicted molar refractivity (Wildman–Crippen MR) is 78.9 cm³/mol. The van der Waals surface area contributed by atoms with Gasteiger partial charge < -0.3 is 14.4 Å². The Morgan fingerprint density at radius 3 is 3.05 bits per heavy atom. The van der Waals surface area contributed by atoms with E-state index < -0.39 is 5.60 Å². The number of ketones is 1. The third-order valence-corrected chi connectivity index (χ3v) is 5.21. The lowest BCUT2D eigenvalue weighted by Gasteiger charge is -2.40. The molecule has 0 aliphatic carbocycles. The Labute approximate surface area is 129 Å². The summed E-state index contributed by atoms with van der Waals surface area (Å²) in [5, 5.41) is 0. The van der Waals surface area contributed by atoms with Crippen molar-refractivity contribution in [3.63, 3.8) is 0 Å². The van der Waals surface area contributed by atoms with E-state index in [-0.39, 0.29) is 30.4 Å². The monoisotopic (exact) mass is 301 g/mol. The summed E-state index contributed by atoms with van der Waals surface area (Å²) in [6.45, 7) is 0.0909. The van der Waals surface area contributed by atoms with Crippen molar-refractivity contribution >= 4 is 11.7 Å². The van der Waals surface area contributed by atoms with Gasteiger partial charge in [0.15, 0.2) is 5.78 Å². The fourth-order valence-electron chi connectivity index (χ4n) is 4.42. The van der Waals surface area contributed by atoms with E-state index in [0.717, 1.165) is 19.3 Å². The molecular weight excluding hydrogens is 282 g/mol. The second kappa shape index (κ2) is 4.81. The topological polar surface area (TPSA) is 55.8 Å². The Morgan fingerprint density at radius 2 is 2.23 bits per heavy atom. The number of hydrogen-bond donors (Lipinski definition) is 0. The lowest BCUT2D eigenvalue weighted by molar-refractivity contribution is -0.137. The Balaban J connectivity index is 1.67. The highest BCUT2D eigenvalue weighted by Gasteiger charge is 2.61. The van der Waals surface area contributed by atoms with Crippen LogP contribution >= 0.6 is 0 Å². The molecular formula is C17H19NO4. The van der Waals surface area contributed by atoms with Gasteiger partial charge in [-0.2, -0.15) is 0 Å². The number of Topliss-reactive ketones (excluding diaryl/α,β-unsaturated/α-hetero) is 1. The standard InChI is InChI=1S/C17H19NO4/c1-21-10-16(20)18-11-6-7-15(18)17(8-11)9-13(19)12-4-2-3-5-14(12)22-17/h2-5,11,15H,6-10H2,1H3/t11-,15-,17+/m0/s1. The van der Waals surface area contributed by atoms with Gasteiger partial charge in [0.25, 0.3) is 0 Å². The average molecular weight is 301 g/mol. The third-order valence-electron chi connectivity index (χ3n) is 5.21. The van der Waals surface area contributed by atoms with Crippen LogP contribution in [0, 0.1) is 0 Å². The SMILES string of the molecule is COCC(=O)N1[C@H]2CC[C@H]1[C@]1(CC(=O)c3ccccc3O1)C2. The first-order valence-electron chi connectivity index (χ1n) is 7.76. The first kappa shape index (κ1) is 13.8. The highest BCUT2D eigenvalue weighted by atomic mass is 16.5. The average Bonchev–Trinajstić information content (AvgIpc) is 3.03. The smallest absolute Gasteiger partial charge is 0.249 e. The summed E-state index contributed by atoms with van der Waals surface area (Å²) in [7, 11) is 1.53. The number of rotatable bonds is 2. The molecule has 3 aliphatic heterocycles. The van der Waals surface area contributed by atoms with Crippen LogP contribution < -0.4 is 4.74 Å². The minimum absolute atomic E-state index is 0.00165. The Morgan fingerprint density at radius 1 is 1.41 bits per heavy atom. The molecule has 1 spiro atoms. The van der Waals surface area contributed by atoms with Gasteiger partial charge in [-0.3, -0.25) is 9.59 Å². The second-order valence-corrected chi connectivity index (χ2v) is 6.45. The van der Waals surface area contributed by atoms with Crippen LogP contribution in [0.4, 0.5) is 0 Å². The number of amides is 1. The molecule has 0 aromatic heterocycles. The van der Waals surface area contributed by atoms with Gasteiger partial charge in [-0.15, -0.1) is 0 Å².